The summed E-state index contributed by atoms with van der Waals surface area (Å²) in [5, 5.41) is 8.65. The fourth-order valence-electron chi connectivity index (χ4n) is 2.87. The SMILES string of the molecule is NS(=O)(=O)c1ccc(CCNC(=O)COC(=O)Cc2c[nH]c3ccccc23)cc1. The Morgan fingerprint density at radius 1 is 1.07 bits per heavy atom. The standard InChI is InChI=1S/C20H21N3O5S/c21-29(26,27)16-7-5-14(6-8-16)9-10-22-19(24)13-28-20(25)11-15-12-23-18-4-2-1-3-17(15)18/h1-8,12,23H,9-11,13H2,(H,22,24)(H2,21,26,27). The van der Waals surface area contributed by atoms with Crippen LogP contribution in [0.1, 0.15) is 11.1 Å². The normalized spacial score (nSPS) is 11.3. The van der Waals surface area contributed by atoms with E-state index < -0.39 is 21.9 Å². The maximum Gasteiger partial charge on any atom is 0.310 e. The molecular formula is C20H21N3O5S. The van der Waals surface area contributed by atoms with Gasteiger partial charge in [0, 0.05) is 23.6 Å². The van der Waals surface area contributed by atoms with Gasteiger partial charge in [-0.2, -0.15) is 0 Å². The summed E-state index contributed by atoms with van der Waals surface area (Å²) in [5.41, 5.74) is 2.59. The number of primary sulfonamides is 1. The number of ether oxygens (including phenoxy) is 1. The lowest BCUT2D eigenvalue weighted by Crippen LogP contribution is -2.30. The van der Waals surface area contributed by atoms with Crippen molar-refractivity contribution in [3.63, 3.8) is 0 Å². The number of hydrogen-bond donors (Lipinski definition) is 3. The number of carbonyl (C=O) groups is 2. The molecule has 1 heterocycles. The maximum absolute atomic E-state index is 12.0. The van der Waals surface area contributed by atoms with Crippen LogP contribution >= 0.6 is 0 Å². The van der Waals surface area contributed by atoms with Crippen LogP contribution in [0.4, 0.5) is 0 Å². The number of rotatable bonds is 8. The summed E-state index contributed by atoms with van der Waals surface area (Å²) in [5.74, 6) is -0.887. The largest absolute Gasteiger partial charge is 0.455 e. The molecule has 0 aliphatic rings. The Kier molecular flexibility index (Phi) is 6.30. The zero-order valence-electron chi connectivity index (χ0n) is 15.6. The van der Waals surface area contributed by atoms with Gasteiger partial charge in [0.2, 0.25) is 10.0 Å². The molecule has 2 aromatic carbocycles. The number of hydrogen-bond acceptors (Lipinski definition) is 5. The minimum atomic E-state index is -3.72. The van der Waals surface area contributed by atoms with Crippen LogP contribution in [-0.2, 0) is 37.2 Å². The van der Waals surface area contributed by atoms with Crippen LogP contribution in [-0.4, -0.2) is 38.4 Å². The van der Waals surface area contributed by atoms with Gasteiger partial charge in [0.1, 0.15) is 0 Å². The highest BCUT2D eigenvalue weighted by Gasteiger charge is 2.12. The number of aromatic amines is 1. The van der Waals surface area contributed by atoms with Crippen molar-refractivity contribution >= 4 is 32.8 Å². The van der Waals surface area contributed by atoms with Crippen molar-refractivity contribution in [2.24, 2.45) is 5.14 Å². The lowest BCUT2D eigenvalue weighted by atomic mass is 10.1. The first-order chi connectivity index (χ1) is 13.8. The third-order valence-electron chi connectivity index (χ3n) is 4.36. The van der Waals surface area contributed by atoms with Crippen LogP contribution in [0, 0.1) is 0 Å². The van der Waals surface area contributed by atoms with Gasteiger partial charge >= 0.3 is 5.97 Å². The molecule has 0 saturated heterocycles. The van der Waals surface area contributed by atoms with Gasteiger partial charge < -0.3 is 15.0 Å². The zero-order valence-corrected chi connectivity index (χ0v) is 16.4. The molecule has 4 N–H and O–H groups in total. The molecule has 0 aliphatic carbocycles. The zero-order chi connectivity index (χ0) is 20.9. The molecule has 0 aliphatic heterocycles. The van der Waals surface area contributed by atoms with Gasteiger partial charge in [0.25, 0.3) is 5.91 Å². The number of esters is 1. The molecule has 29 heavy (non-hydrogen) atoms. The molecule has 0 saturated carbocycles. The van der Waals surface area contributed by atoms with E-state index in [1.54, 1.807) is 18.3 Å². The molecule has 0 atom stereocenters. The second kappa shape index (κ2) is 8.89. The lowest BCUT2D eigenvalue weighted by Gasteiger charge is -2.07. The van der Waals surface area contributed by atoms with Crippen LogP contribution in [0.5, 0.6) is 0 Å². The number of nitrogens with two attached hydrogens (primary N) is 1. The summed E-state index contributed by atoms with van der Waals surface area (Å²) in [6.45, 7) is -0.0287. The van der Waals surface area contributed by atoms with Gasteiger partial charge in [-0.05, 0) is 35.7 Å². The Morgan fingerprint density at radius 3 is 2.52 bits per heavy atom. The first kappa shape index (κ1) is 20.6. The second-order valence-electron chi connectivity index (χ2n) is 6.49. The van der Waals surface area contributed by atoms with Gasteiger partial charge in [0.05, 0.1) is 11.3 Å². The Bertz CT molecular complexity index is 1120. The first-order valence-corrected chi connectivity index (χ1v) is 10.5. The summed E-state index contributed by atoms with van der Waals surface area (Å²) in [6.07, 6.45) is 2.33. The molecule has 8 nitrogen and oxygen atoms in total. The molecule has 1 amide bonds. The highest BCUT2D eigenvalue weighted by atomic mass is 32.2. The molecule has 3 aromatic rings. The molecular weight excluding hydrogens is 394 g/mol. The second-order valence-corrected chi connectivity index (χ2v) is 8.05. The highest BCUT2D eigenvalue weighted by Crippen LogP contribution is 2.18. The summed E-state index contributed by atoms with van der Waals surface area (Å²) in [4.78, 5) is 27.0. The van der Waals surface area contributed by atoms with Crippen molar-refractivity contribution in [1.82, 2.24) is 10.3 Å². The maximum atomic E-state index is 12.0. The first-order valence-electron chi connectivity index (χ1n) is 8.92. The lowest BCUT2D eigenvalue weighted by molar-refractivity contribution is -0.147. The molecule has 0 radical (unpaired) electrons. The smallest absolute Gasteiger partial charge is 0.310 e. The number of fused-ring (bicyclic) bond motifs is 1. The monoisotopic (exact) mass is 415 g/mol. The minimum Gasteiger partial charge on any atom is -0.455 e. The van der Waals surface area contributed by atoms with Crippen LogP contribution in [0.3, 0.4) is 0 Å². The predicted octanol–water partition coefficient (Wildman–Crippen LogP) is 1.26. The van der Waals surface area contributed by atoms with Crippen LogP contribution < -0.4 is 10.5 Å². The molecule has 9 heteroatoms. The summed E-state index contributed by atoms with van der Waals surface area (Å²) < 4.78 is 27.5. The van der Waals surface area contributed by atoms with Gasteiger partial charge in [0.15, 0.2) is 6.61 Å². The topological polar surface area (TPSA) is 131 Å². The van der Waals surface area contributed by atoms with E-state index >= 15 is 0 Å². The molecule has 0 unspecified atom stereocenters. The van der Waals surface area contributed by atoms with E-state index in [0.29, 0.717) is 13.0 Å². The molecule has 0 fully saturated rings. The number of H-pyrrole nitrogens is 1. The average molecular weight is 415 g/mol. The number of benzene rings is 2. The van der Waals surface area contributed by atoms with Crippen molar-refractivity contribution in [1.29, 1.82) is 0 Å². The van der Waals surface area contributed by atoms with E-state index in [1.165, 1.54) is 12.1 Å². The van der Waals surface area contributed by atoms with Gasteiger partial charge in [-0.15, -0.1) is 0 Å². The van der Waals surface area contributed by atoms with Crippen LogP contribution in [0.25, 0.3) is 10.9 Å². The number of sulfonamides is 1. The molecule has 0 spiro atoms. The van der Waals surface area contributed by atoms with E-state index in [9.17, 15) is 18.0 Å². The summed E-state index contributed by atoms with van der Waals surface area (Å²) >= 11 is 0. The number of para-hydroxylation sites is 1. The van der Waals surface area contributed by atoms with Crippen LogP contribution in [0.2, 0.25) is 0 Å². The van der Waals surface area contributed by atoms with Gasteiger partial charge in [-0.1, -0.05) is 30.3 Å². The van der Waals surface area contributed by atoms with E-state index in [2.05, 4.69) is 10.3 Å². The van der Waals surface area contributed by atoms with E-state index in [1.807, 2.05) is 24.3 Å². The Hall–Kier alpha value is -3.17. The van der Waals surface area contributed by atoms with Crippen molar-refractivity contribution in [2.45, 2.75) is 17.7 Å². The van der Waals surface area contributed by atoms with E-state index in [0.717, 1.165) is 22.0 Å². The molecule has 3 rings (SSSR count). The van der Waals surface area contributed by atoms with E-state index in [4.69, 9.17) is 9.88 Å². The third-order valence-corrected chi connectivity index (χ3v) is 5.29. The molecule has 152 valence electrons. The number of carbonyl (C=O) groups excluding carboxylic acids is 2. The summed E-state index contributed by atoms with van der Waals surface area (Å²) in [7, 11) is -3.72. The molecule has 0 bridgehead atoms. The predicted molar refractivity (Wildman–Crippen MR) is 107 cm³/mol. The van der Waals surface area contributed by atoms with Gasteiger partial charge in [-0.3, -0.25) is 9.59 Å². The Balaban J connectivity index is 1.40. The quantitative estimate of drug-likeness (QED) is 0.477. The van der Waals surface area contributed by atoms with Crippen molar-refractivity contribution in [2.75, 3.05) is 13.2 Å². The molecule has 1 aromatic heterocycles. The fraction of sp³-hybridized carbons (Fsp3) is 0.200. The Morgan fingerprint density at radius 2 is 1.79 bits per heavy atom. The minimum absolute atomic E-state index is 0.0346. The number of nitrogens with one attached hydrogen (secondary N) is 2. The summed E-state index contributed by atoms with van der Waals surface area (Å²) in [6, 6.07) is 13.7. The van der Waals surface area contributed by atoms with Crippen molar-refractivity contribution in [3.05, 3.63) is 65.9 Å². The average Bonchev–Trinajstić information content (AvgIpc) is 3.09. The fourth-order valence-corrected chi connectivity index (χ4v) is 3.39. The Labute approximate surface area is 168 Å². The van der Waals surface area contributed by atoms with Gasteiger partial charge in [-0.25, -0.2) is 13.6 Å². The van der Waals surface area contributed by atoms with Crippen LogP contribution in [0.15, 0.2) is 59.6 Å². The highest BCUT2D eigenvalue weighted by molar-refractivity contribution is 7.89. The van der Waals surface area contributed by atoms with Crippen molar-refractivity contribution < 1.29 is 22.7 Å². The number of amides is 1. The number of aromatic nitrogens is 1. The van der Waals surface area contributed by atoms with Crippen molar-refractivity contribution in [3.8, 4) is 0 Å². The third kappa shape index (κ3) is 5.66. The van der Waals surface area contributed by atoms with E-state index in [-0.39, 0.29) is 17.9 Å².